The van der Waals surface area contributed by atoms with E-state index in [9.17, 15) is 0 Å². The standard InChI is InChI=1S/C12H18BrClN2/c1-9(16(3)7-6-15-2)11-5-4-10(13)8-12(11)14/h4-5,8-9,15H,6-7H2,1-3H3. The van der Waals surface area contributed by atoms with E-state index >= 15 is 0 Å². The van der Waals surface area contributed by atoms with Gasteiger partial charge in [-0.05, 0) is 38.7 Å². The van der Waals surface area contributed by atoms with E-state index < -0.39 is 0 Å². The predicted molar refractivity (Wildman–Crippen MR) is 74.1 cm³/mol. The van der Waals surface area contributed by atoms with Crippen molar-refractivity contribution in [2.45, 2.75) is 13.0 Å². The Bertz CT molecular complexity index is 344. The predicted octanol–water partition coefficient (Wildman–Crippen LogP) is 3.31. The minimum Gasteiger partial charge on any atom is -0.318 e. The summed E-state index contributed by atoms with van der Waals surface area (Å²) in [4.78, 5) is 2.28. The lowest BCUT2D eigenvalue weighted by Crippen LogP contribution is -2.29. The van der Waals surface area contributed by atoms with E-state index in [4.69, 9.17) is 11.6 Å². The molecule has 0 aliphatic heterocycles. The van der Waals surface area contributed by atoms with Gasteiger partial charge in [0.2, 0.25) is 0 Å². The zero-order valence-electron chi connectivity index (χ0n) is 9.93. The molecular weight excluding hydrogens is 288 g/mol. The number of hydrogen-bond acceptors (Lipinski definition) is 2. The molecule has 0 aromatic heterocycles. The largest absolute Gasteiger partial charge is 0.318 e. The van der Waals surface area contributed by atoms with Gasteiger partial charge in [-0.15, -0.1) is 0 Å². The van der Waals surface area contributed by atoms with Crippen LogP contribution in [0.4, 0.5) is 0 Å². The van der Waals surface area contributed by atoms with Gasteiger partial charge in [-0.1, -0.05) is 33.6 Å². The van der Waals surface area contributed by atoms with Gasteiger partial charge in [0.05, 0.1) is 0 Å². The highest BCUT2D eigenvalue weighted by molar-refractivity contribution is 9.10. The van der Waals surface area contributed by atoms with Crippen LogP contribution in [0.3, 0.4) is 0 Å². The number of benzene rings is 1. The highest BCUT2D eigenvalue weighted by atomic mass is 79.9. The third kappa shape index (κ3) is 3.74. The average Bonchev–Trinajstić information content (AvgIpc) is 2.25. The van der Waals surface area contributed by atoms with Crippen molar-refractivity contribution in [3.05, 3.63) is 33.3 Å². The molecule has 0 aliphatic carbocycles. The first kappa shape index (κ1) is 14.0. The van der Waals surface area contributed by atoms with Crippen molar-refractivity contribution in [3.63, 3.8) is 0 Å². The topological polar surface area (TPSA) is 15.3 Å². The summed E-state index contributed by atoms with van der Waals surface area (Å²) >= 11 is 9.65. The zero-order chi connectivity index (χ0) is 12.1. The van der Waals surface area contributed by atoms with Crippen molar-refractivity contribution in [1.82, 2.24) is 10.2 Å². The van der Waals surface area contributed by atoms with Crippen molar-refractivity contribution in [2.75, 3.05) is 27.2 Å². The van der Waals surface area contributed by atoms with Gasteiger partial charge < -0.3 is 5.32 Å². The summed E-state index contributed by atoms with van der Waals surface area (Å²) in [5.41, 5.74) is 1.17. The molecule has 16 heavy (non-hydrogen) atoms. The van der Waals surface area contributed by atoms with Crippen molar-refractivity contribution >= 4 is 27.5 Å². The molecule has 1 atom stereocenters. The molecule has 1 aromatic carbocycles. The Hall–Kier alpha value is -0.0900. The molecule has 0 spiro atoms. The molecule has 0 saturated heterocycles. The molecule has 90 valence electrons. The highest BCUT2D eigenvalue weighted by Crippen LogP contribution is 2.28. The van der Waals surface area contributed by atoms with E-state index in [0.29, 0.717) is 6.04 Å². The van der Waals surface area contributed by atoms with Crippen LogP contribution in [0.1, 0.15) is 18.5 Å². The van der Waals surface area contributed by atoms with Gasteiger partial charge in [-0.3, -0.25) is 4.90 Å². The summed E-state index contributed by atoms with van der Waals surface area (Å²) in [5.74, 6) is 0. The van der Waals surface area contributed by atoms with Crippen LogP contribution >= 0.6 is 27.5 Å². The summed E-state index contributed by atoms with van der Waals surface area (Å²) in [5, 5.41) is 3.96. The Morgan fingerprint density at radius 3 is 2.75 bits per heavy atom. The van der Waals surface area contributed by atoms with Crippen LogP contribution in [0.2, 0.25) is 5.02 Å². The Labute approximate surface area is 111 Å². The van der Waals surface area contributed by atoms with Crippen LogP contribution < -0.4 is 5.32 Å². The molecule has 0 amide bonds. The maximum atomic E-state index is 6.23. The lowest BCUT2D eigenvalue weighted by Gasteiger charge is -2.25. The fraction of sp³-hybridized carbons (Fsp3) is 0.500. The number of hydrogen-bond donors (Lipinski definition) is 1. The summed E-state index contributed by atoms with van der Waals surface area (Å²) in [6, 6.07) is 6.38. The molecule has 0 fully saturated rings. The van der Waals surface area contributed by atoms with Gasteiger partial charge in [0, 0.05) is 28.6 Å². The van der Waals surface area contributed by atoms with Gasteiger partial charge >= 0.3 is 0 Å². The van der Waals surface area contributed by atoms with E-state index in [1.807, 2.05) is 19.2 Å². The first-order chi connectivity index (χ1) is 7.56. The van der Waals surface area contributed by atoms with Crippen molar-refractivity contribution in [2.24, 2.45) is 0 Å². The maximum Gasteiger partial charge on any atom is 0.0464 e. The molecule has 1 unspecified atom stereocenters. The van der Waals surface area contributed by atoms with Gasteiger partial charge in [0.25, 0.3) is 0 Å². The number of nitrogens with one attached hydrogen (secondary N) is 1. The molecule has 1 aromatic rings. The number of halogens is 2. The second-order valence-electron chi connectivity index (χ2n) is 3.93. The van der Waals surface area contributed by atoms with Crippen molar-refractivity contribution in [3.8, 4) is 0 Å². The summed E-state index contributed by atoms with van der Waals surface area (Å²) in [6.45, 7) is 4.16. The minimum absolute atomic E-state index is 0.328. The minimum atomic E-state index is 0.328. The first-order valence-electron chi connectivity index (χ1n) is 5.36. The van der Waals surface area contributed by atoms with Crippen molar-refractivity contribution in [1.29, 1.82) is 0 Å². The van der Waals surface area contributed by atoms with E-state index in [1.165, 1.54) is 5.56 Å². The molecule has 0 aliphatic rings. The molecule has 1 N–H and O–H groups in total. The Kier molecular flexibility index (Phi) is 5.76. The van der Waals surface area contributed by atoms with Crippen LogP contribution in [0.5, 0.6) is 0 Å². The van der Waals surface area contributed by atoms with Gasteiger partial charge in [0.15, 0.2) is 0 Å². The normalized spacial score (nSPS) is 13.1. The lowest BCUT2D eigenvalue weighted by molar-refractivity contribution is 0.263. The quantitative estimate of drug-likeness (QED) is 0.898. The third-order valence-corrected chi connectivity index (χ3v) is 3.61. The Morgan fingerprint density at radius 2 is 2.19 bits per heavy atom. The van der Waals surface area contributed by atoms with E-state index in [1.54, 1.807) is 0 Å². The number of likely N-dealkylation sites (N-methyl/N-ethyl adjacent to an activating group) is 2. The molecule has 1 rings (SSSR count). The van der Waals surface area contributed by atoms with Crippen LogP contribution in [-0.2, 0) is 0 Å². The fourth-order valence-corrected chi connectivity index (χ4v) is 2.39. The molecule has 0 heterocycles. The third-order valence-electron chi connectivity index (χ3n) is 2.79. The van der Waals surface area contributed by atoms with Crippen LogP contribution in [0.25, 0.3) is 0 Å². The van der Waals surface area contributed by atoms with Crippen LogP contribution in [-0.4, -0.2) is 32.1 Å². The number of rotatable bonds is 5. The van der Waals surface area contributed by atoms with Gasteiger partial charge in [-0.25, -0.2) is 0 Å². The molecular formula is C12H18BrClN2. The maximum absolute atomic E-state index is 6.23. The van der Waals surface area contributed by atoms with Gasteiger partial charge in [-0.2, -0.15) is 0 Å². The summed E-state index contributed by atoms with van der Waals surface area (Å²) < 4.78 is 1.02. The Morgan fingerprint density at radius 1 is 1.50 bits per heavy atom. The monoisotopic (exact) mass is 304 g/mol. The SMILES string of the molecule is CNCCN(C)C(C)c1ccc(Br)cc1Cl. The Balaban J connectivity index is 2.75. The van der Waals surface area contributed by atoms with E-state index in [2.05, 4.69) is 46.2 Å². The highest BCUT2D eigenvalue weighted by Gasteiger charge is 2.14. The molecule has 2 nitrogen and oxygen atoms in total. The average molecular weight is 306 g/mol. The summed E-state index contributed by atoms with van der Waals surface area (Å²) in [7, 11) is 4.07. The lowest BCUT2D eigenvalue weighted by atomic mass is 10.1. The van der Waals surface area contributed by atoms with Crippen LogP contribution in [0.15, 0.2) is 22.7 Å². The van der Waals surface area contributed by atoms with Gasteiger partial charge in [0.1, 0.15) is 0 Å². The zero-order valence-corrected chi connectivity index (χ0v) is 12.3. The smallest absolute Gasteiger partial charge is 0.0464 e. The number of nitrogens with zero attached hydrogens (tertiary/aromatic N) is 1. The van der Waals surface area contributed by atoms with Crippen molar-refractivity contribution < 1.29 is 0 Å². The molecule has 4 heteroatoms. The molecule has 0 saturated carbocycles. The van der Waals surface area contributed by atoms with E-state index in [-0.39, 0.29) is 0 Å². The second-order valence-corrected chi connectivity index (χ2v) is 5.25. The van der Waals surface area contributed by atoms with Crippen LogP contribution in [0, 0.1) is 0 Å². The summed E-state index contributed by atoms with van der Waals surface area (Å²) in [6.07, 6.45) is 0. The van der Waals surface area contributed by atoms with E-state index in [0.717, 1.165) is 22.6 Å². The first-order valence-corrected chi connectivity index (χ1v) is 6.53. The fourth-order valence-electron chi connectivity index (χ4n) is 1.56. The molecule has 0 radical (unpaired) electrons. The molecule has 0 bridgehead atoms. The second kappa shape index (κ2) is 6.60.